The number of nitrogens with zero attached hydrogens (tertiary/aromatic N) is 2. The van der Waals surface area contributed by atoms with Crippen molar-refractivity contribution in [2.24, 2.45) is 0 Å². The van der Waals surface area contributed by atoms with E-state index in [1.165, 1.54) is 44.1 Å². The van der Waals surface area contributed by atoms with Gasteiger partial charge < -0.3 is 0 Å². The lowest BCUT2D eigenvalue weighted by molar-refractivity contribution is 0.590. The van der Waals surface area contributed by atoms with Gasteiger partial charge in [0.15, 0.2) is 0 Å². The first-order valence-corrected chi connectivity index (χ1v) is 11.8. The van der Waals surface area contributed by atoms with Crippen LogP contribution in [0, 0.1) is 13.8 Å². The minimum absolute atomic E-state index is 0.141. The molecule has 32 heavy (non-hydrogen) atoms. The molecule has 5 rings (SSSR count). The Labute approximate surface area is 198 Å². The molecule has 0 N–H and O–H groups in total. The molecule has 0 radical (unpaired) electrons. The molecule has 0 aliphatic heterocycles. The summed E-state index contributed by atoms with van der Waals surface area (Å²) in [6.07, 6.45) is 2.01. The summed E-state index contributed by atoms with van der Waals surface area (Å²) in [5, 5.41) is 2.48. The van der Waals surface area contributed by atoms with Crippen molar-refractivity contribution in [2.75, 3.05) is 0 Å². The van der Waals surface area contributed by atoms with Crippen molar-refractivity contribution in [1.82, 2.24) is 9.55 Å². The van der Waals surface area contributed by atoms with Crippen molar-refractivity contribution in [3.05, 3.63) is 94.1 Å². The summed E-state index contributed by atoms with van der Waals surface area (Å²) in [5.74, 6) is 0.981. The first-order valence-electron chi connectivity index (χ1n) is 11.0. The van der Waals surface area contributed by atoms with Crippen LogP contribution in [-0.2, 0) is 5.41 Å². The highest BCUT2D eigenvalue weighted by molar-refractivity contribution is 9.10. The smallest absolute Gasteiger partial charge is 0.141 e. The van der Waals surface area contributed by atoms with Crippen LogP contribution in [0.15, 0.2) is 77.4 Å². The summed E-state index contributed by atoms with van der Waals surface area (Å²) in [7, 11) is 0. The van der Waals surface area contributed by atoms with Crippen LogP contribution >= 0.6 is 15.9 Å². The van der Waals surface area contributed by atoms with Gasteiger partial charge in [-0.15, -0.1) is 0 Å². The molecule has 160 valence electrons. The number of hydrogen-bond donors (Lipinski definition) is 0. The molecule has 0 aliphatic rings. The van der Waals surface area contributed by atoms with E-state index in [2.05, 4.69) is 122 Å². The van der Waals surface area contributed by atoms with Crippen molar-refractivity contribution in [3.8, 4) is 16.9 Å². The summed E-state index contributed by atoms with van der Waals surface area (Å²) >= 11 is 3.67. The predicted molar refractivity (Wildman–Crippen MR) is 140 cm³/mol. The van der Waals surface area contributed by atoms with Crippen molar-refractivity contribution in [3.63, 3.8) is 0 Å². The van der Waals surface area contributed by atoms with Gasteiger partial charge in [-0.25, -0.2) is 4.98 Å². The molecule has 2 aromatic heterocycles. The molecular weight excluding hydrogens is 456 g/mol. The van der Waals surface area contributed by atoms with E-state index in [4.69, 9.17) is 4.98 Å². The van der Waals surface area contributed by atoms with Crippen molar-refractivity contribution >= 4 is 37.7 Å². The van der Waals surface area contributed by atoms with E-state index in [1.807, 2.05) is 6.20 Å². The van der Waals surface area contributed by atoms with E-state index in [0.717, 1.165) is 15.8 Å². The highest BCUT2D eigenvalue weighted by atomic mass is 79.9. The van der Waals surface area contributed by atoms with Gasteiger partial charge in [0.25, 0.3) is 0 Å². The third kappa shape index (κ3) is 3.36. The lowest BCUT2D eigenvalue weighted by atomic mass is 9.85. The molecule has 2 nitrogen and oxygen atoms in total. The molecule has 5 aromatic rings. The number of hydrogen-bond acceptors (Lipinski definition) is 1. The zero-order valence-electron chi connectivity index (χ0n) is 19.2. The third-order valence-electron chi connectivity index (χ3n) is 6.37. The lowest BCUT2D eigenvalue weighted by Crippen LogP contribution is -2.10. The molecule has 0 saturated carbocycles. The largest absolute Gasteiger partial charge is 0.294 e. The Hall–Kier alpha value is -2.91. The van der Waals surface area contributed by atoms with Crippen LogP contribution in [0.3, 0.4) is 0 Å². The first kappa shape index (κ1) is 21.0. The Morgan fingerprint density at radius 3 is 2.22 bits per heavy atom. The van der Waals surface area contributed by atoms with Gasteiger partial charge in [0.1, 0.15) is 5.82 Å². The van der Waals surface area contributed by atoms with Gasteiger partial charge in [0.05, 0.1) is 11.0 Å². The van der Waals surface area contributed by atoms with Crippen molar-refractivity contribution in [2.45, 2.75) is 40.0 Å². The minimum Gasteiger partial charge on any atom is -0.294 e. The molecule has 2 heterocycles. The van der Waals surface area contributed by atoms with Gasteiger partial charge in [0.2, 0.25) is 0 Å². The van der Waals surface area contributed by atoms with Gasteiger partial charge >= 0.3 is 0 Å². The van der Waals surface area contributed by atoms with E-state index in [1.54, 1.807) is 0 Å². The average Bonchev–Trinajstić information content (AvgIpc) is 3.07. The molecule has 3 heteroatoms. The third-order valence-corrected chi connectivity index (χ3v) is 6.87. The van der Waals surface area contributed by atoms with E-state index < -0.39 is 0 Å². The van der Waals surface area contributed by atoms with Crippen molar-refractivity contribution < 1.29 is 0 Å². The average molecular weight is 483 g/mol. The van der Waals surface area contributed by atoms with Crippen LogP contribution in [-0.4, -0.2) is 9.55 Å². The molecular formula is C29H27BrN2. The summed E-state index contributed by atoms with van der Waals surface area (Å²) in [6.45, 7) is 11.1. The first-order chi connectivity index (χ1) is 15.3. The Kier molecular flexibility index (Phi) is 4.98. The second-order valence-corrected chi connectivity index (χ2v) is 10.5. The van der Waals surface area contributed by atoms with Crippen LogP contribution in [0.25, 0.3) is 38.8 Å². The van der Waals surface area contributed by atoms with Crippen LogP contribution < -0.4 is 0 Å². The Balaban J connectivity index is 1.78. The van der Waals surface area contributed by atoms with Crippen LogP contribution in [0.1, 0.15) is 37.5 Å². The summed E-state index contributed by atoms with van der Waals surface area (Å²) < 4.78 is 3.37. The van der Waals surface area contributed by atoms with Crippen LogP contribution in [0.4, 0.5) is 0 Å². The maximum Gasteiger partial charge on any atom is 0.141 e. The number of pyridine rings is 1. The number of aromatic nitrogens is 2. The Morgan fingerprint density at radius 1 is 0.812 bits per heavy atom. The number of rotatable bonds is 2. The molecule has 3 aromatic carbocycles. The molecule has 0 unspecified atom stereocenters. The Morgan fingerprint density at radius 2 is 1.50 bits per heavy atom. The molecule has 0 atom stereocenters. The molecule has 0 fully saturated rings. The number of halogens is 1. The highest BCUT2D eigenvalue weighted by Crippen LogP contribution is 2.37. The monoisotopic (exact) mass is 482 g/mol. The number of benzene rings is 3. The fourth-order valence-electron chi connectivity index (χ4n) is 4.71. The molecule has 0 aliphatic carbocycles. The van der Waals surface area contributed by atoms with Gasteiger partial charge in [-0.3, -0.25) is 4.57 Å². The van der Waals surface area contributed by atoms with Gasteiger partial charge in [-0.1, -0.05) is 85.2 Å². The van der Waals surface area contributed by atoms with E-state index in [9.17, 15) is 0 Å². The zero-order valence-corrected chi connectivity index (χ0v) is 20.8. The Bertz CT molecular complexity index is 1470. The number of aryl methyl sites for hydroxylation is 1. The van der Waals surface area contributed by atoms with Gasteiger partial charge in [-0.05, 0) is 59.7 Å². The van der Waals surface area contributed by atoms with Gasteiger partial charge in [0, 0.05) is 27.0 Å². The van der Waals surface area contributed by atoms with Gasteiger partial charge in [-0.2, -0.15) is 0 Å². The summed E-state index contributed by atoms with van der Waals surface area (Å²) in [6, 6.07) is 24.1. The fraction of sp³-hybridized carbons (Fsp3) is 0.207. The quantitative estimate of drug-likeness (QED) is 0.246. The zero-order chi connectivity index (χ0) is 22.6. The standard InChI is InChI=1S/C29H27BrN2/c1-18-17-31-28(19(2)27(18)20-10-12-21(13-11-20)29(3,4)5)32-25-9-7-6-8-23(25)24-15-14-22(30)16-26(24)32/h6-17H,1-5H3. The van der Waals surface area contributed by atoms with E-state index >= 15 is 0 Å². The maximum atomic E-state index is 4.94. The molecule has 0 spiro atoms. The van der Waals surface area contributed by atoms with E-state index in [-0.39, 0.29) is 5.41 Å². The van der Waals surface area contributed by atoms with Crippen LogP contribution in [0.5, 0.6) is 0 Å². The second kappa shape index (κ2) is 7.60. The fourth-order valence-corrected chi connectivity index (χ4v) is 5.05. The molecule has 0 bridgehead atoms. The van der Waals surface area contributed by atoms with E-state index in [0.29, 0.717) is 0 Å². The predicted octanol–water partition coefficient (Wildman–Crippen LogP) is 8.52. The second-order valence-electron chi connectivity index (χ2n) is 9.61. The molecule has 0 saturated heterocycles. The SMILES string of the molecule is Cc1cnc(-n2c3ccccc3c3ccc(Br)cc32)c(C)c1-c1ccc(C(C)(C)C)cc1. The van der Waals surface area contributed by atoms with Crippen molar-refractivity contribution in [1.29, 1.82) is 0 Å². The highest BCUT2D eigenvalue weighted by Gasteiger charge is 2.19. The molecule has 0 amide bonds. The number of para-hydroxylation sites is 1. The summed E-state index contributed by atoms with van der Waals surface area (Å²) in [4.78, 5) is 4.94. The minimum atomic E-state index is 0.141. The topological polar surface area (TPSA) is 17.8 Å². The lowest BCUT2D eigenvalue weighted by Gasteiger charge is -2.20. The normalized spacial score (nSPS) is 12.1. The number of fused-ring (bicyclic) bond motifs is 3. The summed E-state index contributed by atoms with van der Waals surface area (Å²) in [5.41, 5.74) is 8.70. The van der Waals surface area contributed by atoms with Crippen LogP contribution in [0.2, 0.25) is 0 Å². The maximum absolute atomic E-state index is 4.94.